The van der Waals surface area contributed by atoms with Gasteiger partial charge in [-0.1, -0.05) is 36.4 Å². The van der Waals surface area contributed by atoms with Gasteiger partial charge in [-0.3, -0.25) is 4.79 Å². The number of benzene rings is 2. The van der Waals surface area contributed by atoms with E-state index in [-0.39, 0.29) is 5.91 Å². The van der Waals surface area contributed by atoms with Gasteiger partial charge in [0.05, 0.1) is 22.7 Å². The number of anilines is 2. The lowest BCUT2D eigenvalue weighted by Crippen LogP contribution is -2.26. The van der Waals surface area contributed by atoms with Crippen molar-refractivity contribution < 1.29 is 4.79 Å². The Kier molecular flexibility index (Phi) is 6.73. The third-order valence-electron chi connectivity index (χ3n) is 7.72. The van der Waals surface area contributed by atoms with Crippen molar-refractivity contribution in [3.63, 3.8) is 0 Å². The maximum absolute atomic E-state index is 12.5. The van der Waals surface area contributed by atoms with Crippen LogP contribution in [0.2, 0.25) is 0 Å². The average Bonchev–Trinajstić information content (AvgIpc) is 3.66. The lowest BCUT2D eigenvalue weighted by molar-refractivity contribution is -0.118. The number of hydrogen-bond donors (Lipinski definition) is 2. The minimum absolute atomic E-state index is 0.384. The first-order valence-corrected chi connectivity index (χ1v) is 14.7. The van der Waals surface area contributed by atoms with Crippen molar-refractivity contribution in [3.05, 3.63) is 118 Å². The van der Waals surface area contributed by atoms with E-state index in [1.807, 2.05) is 76.8 Å². The third-order valence-corrected chi connectivity index (χ3v) is 8.66. The Morgan fingerprint density at radius 3 is 2.81 bits per heavy atom. The predicted molar refractivity (Wildman–Crippen MR) is 167 cm³/mol. The Morgan fingerprint density at radius 2 is 1.95 bits per heavy atom. The number of nitrogens with one attached hydrogen (secondary N) is 1. The Labute approximate surface area is 247 Å². The number of likely N-dealkylation sites (N-methyl/N-ethyl adjacent to an activating group) is 1. The molecule has 1 amide bonds. The fraction of sp³-hybridized carbons (Fsp3) is 0.152. The molecule has 1 atom stereocenters. The summed E-state index contributed by atoms with van der Waals surface area (Å²) in [7, 11) is 2.15. The predicted octanol–water partition coefficient (Wildman–Crippen LogP) is 5.87. The number of carbonyl (C=O) groups excluding carboxylic acids is 1. The number of nitrogens with two attached hydrogens (primary N) is 1. The smallest absolute Gasteiger partial charge is 0.230 e. The van der Waals surface area contributed by atoms with Crippen LogP contribution in [0, 0.1) is 0 Å². The number of nitrogens with zero attached hydrogens (tertiary/aromatic N) is 5. The molecule has 0 aliphatic carbocycles. The molecule has 42 heavy (non-hydrogen) atoms. The van der Waals surface area contributed by atoms with Crippen LogP contribution >= 0.6 is 11.3 Å². The molecule has 8 nitrogen and oxygen atoms in total. The van der Waals surface area contributed by atoms with E-state index in [2.05, 4.69) is 40.4 Å². The van der Waals surface area contributed by atoms with E-state index < -0.39 is 5.92 Å². The maximum Gasteiger partial charge on any atom is 0.230 e. The summed E-state index contributed by atoms with van der Waals surface area (Å²) in [5.41, 5.74) is 14.6. The van der Waals surface area contributed by atoms with Crippen LogP contribution in [0.15, 0.2) is 96.6 Å². The zero-order valence-corrected chi connectivity index (χ0v) is 23.9. The molecule has 0 saturated heterocycles. The Hall–Kier alpha value is -4.86. The Balaban J connectivity index is 1.29. The first-order chi connectivity index (χ1) is 20.5. The van der Waals surface area contributed by atoms with Gasteiger partial charge in [-0.25, -0.2) is 14.5 Å². The Bertz CT molecular complexity index is 1910. The fourth-order valence-corrected chi connectivity index (χ4v) is 6.57. The van der Waals surface area contributed by atoms with Crippen molar-refractivity contribution in [1.29, 1.82) is 0 Å². The van der Waals surface area contributed by atoms with Crippen molar-refractivity contribution in [2.24, 2.45) is 5.73 Å². The standard InChI is InChI=1S/C33H29N7OS/c1-39-16-13-21-10-11-25(19-24(21)20-39)36-33-35-14-12-26(37-33)30-27-8-2-3-15-40(27)38-31(30)23-7-4-6-22(18-23)29(32(34)41)28-9-5-17-42-28/h2-12,14-15,17-19,29H,13,16,20H2,1H3,(H2,34,41)(H,35,36,37). The van der Waals surface area contributed by atoms with Crippen LogP contribution in [-0.2, 0) is 17.8 Å². The number of hydrogen-bond acceptors (Lipinski definition) is 7. The lowest BCUT2D eigenvalue weighted by Gasteiger charge is -2.25. The van der Waals surface area contributed by atoms with Gasteiger partial charge in [0.2, 0.25) is 11.9 Å². The van der Waals surface area contributed by atoms with Crippen molar-refractivity contribution >= 4 is 34.4 Å². The summed E-state index contributed by atoms with van der Waals surface area (Å²) >= 11 is 1.52. The number of fused-ring (bicyclic) bond motifs is 2. The largest absolute Gasteiger partial charge is 0.369 e. The summed E-state index contributed by atoms with van der Waals surface area (Å²) in [6, 6.07) is 26.1. The molecular formula is C33H29N7OS. The van der Waals surface area contributed by atoms with Crippen molar-refractivity contribution in [3.8, 4) is 22.5 Å². The molecule has 1 unspecified atom stereocenters. The SMILES string of the molecule is CN1CCc2ccc(Nc3nccc(-c4c(-c5cccc(C(C(N)=O)c6cccs6)c5)nn5ccccc45)n3)cc2C1. The first-order valence-electron chi connectivity index (χ1n) is 13.8. The van der Waals surface area contributed by atoms with Gasteiger partial charge in [0.25, 0.3) is 0 Å². The number of pyridine rings is 1. The van der Waals surface area contributed by atoms with Gasteiger partial charge in [-0.2, -0.15) is 5.10 Å². The van der Waals surface area contributed by atoms with E-state index >= 15 is 0 Å². The second-order valence-corrected chi connectivity index (χ2v) is 11.6. The molecule has 9 heteroatoms. The molecule has 3 N–H and O–H groups in total. The second kappa shape index (κ2) is 10.8. The van der Waals surface area contributed by atoms with E-state index in [4.69, 9.17) is 15.8 Å². The van der Waals surface area contributed by atoms with Crippen LogP contribution in [0.5, 0.6) is 0 Å². The highest BCUT2D eigenvalue weighted by atomic mass is 32.1. The molecule has 1 aliphatic rings. The molecule has 0 fully saturated rings. The molecule has 5 heterocycles. The fourth-order valence-electron chi connectivity index (χ4n) is 5.71. The maximum atomic E-state index is 12.5. The minimum atomic E-state index is -0.531. The molecule has 0 bridgehead atoms. The summed E-state index contributed by atoms with van der Waals surface area (Å²) < 4.78 is 1.86. The summed E-state index contributed by atoms with van der Waals surface area (Å²) in [5, 5.41) is 10.3. The topological polar surface area (TPSA) is 101 Å². The molecular weight excluding hydrogens is 542 g/mol. The minimum Gasteiger partial charge on any atom is -0.369 e. The quantitative estimate of drug-likeness (QED) is 0.249. The molecule has 0 spiro atoms. The summed E-state index contributed by atoms with van der Waals surface area (Å²) in [6.07, 6.45) is 4.75. The molecule has 1 aliphatic heterocycles. The number of rotatable bonds is 7. The van der Waals surface area contributed by atoms with Crippen LogP contribution < -0.4 is 11.1 Å². The van der Waals surface area contributed by atoms with Gasteiger partial charge in [0, 0.05) is 41.6 Å². The van der Waals surface area contributed by atoms with E-state index in [1.54, 1.807) is 6.20 Å². The van der Waals surface area contributed by atoms with Gasteiger partial charge in [0.15, 0.2) is 0 Å². The molecule has 0 saturated carbocycles. The Morgan fingerprint density at radius 1 is 1.02 bits per heavy atom. The summed E-state index contributed by atoms with van der Waals surface area (Å²) in [4.78, 5) is 25.3. The monoisotopic (exact) mass is 571 g/mol. The van der Waals surface area contributed by atoms with E-state index in [9.17, 15) is 4.79 Å². The van der Waals surface area contributed by atoms with Gasteiger partial charge < -0.3 is 16.0 Å². The van der Waals surface area contributed by atoms with Crippen LogP contribution in [0.3, 0.4) is 0 Å². The highest BCUT2D eigenvalue weighted by Gasteiger charge is 2.24. The van der Waals surface area contributed by atoms with Crippen molar-refractivity contribution in [2.75, 3.05) is 18.9 Å². The van der Waals surface area contributed by atoms with E-state index in [0.717, 1.165) is 63.7 Å². The molecule has 208 valence electrons. The molecule has 0 radical (unpaired) electrons. The molecule has 6 aromatic rings. The molecule has 2 aromatic carbocycles. The second-order valence-electron chi connectivity index (χ2n) is 10.6. The zero-order chi connectivity index (χ0) is 28.6. The zero-order valence-electron chi connectivity index (χ0n) is 23.1. The van der Waals surface area contributed by atoms with Gasteiger partial charge >= 0.3 is 0 Å². The van der Waals surface area contributed by atoms with E-state index in [1.165, 1.54) is 22.5 Å². The van der Waals surface area contributed by atoms with Gasteiger partial charge in [-0.15, -0.1) is 11.3 Å². The van der Waals surface area contributed by atoms with Crippen LogP contribution in [-0.4, -0.2) is 44.0 Å². The average molecular weight is 572 g/mol. The highest BCUT2D eigenvalue weighted by molar-refractivity contribution is 7.10. The van der Waals surface area contributed by atoms with Crippen molar-refractivity contribution in [1.82, 2.24) is 24.5 Å². The lowest BCUT2D eigenvalue weighted by atomic mass is 9.93. The number of primary amides is 1. The third kappa shape index (κ3) is 4.93. The van der Waals surface area contributed by atoms with E-state index in [0.29, 0.717) is 5.95 Å². The van der Waals surface area contributed by atoms with Crippen LogP contribution in [0.1, 0.15) is 27.5 Å². The van der Waals surface area contributed by atoms with Crippen molar-refractivity contribution in [2.45, 2.75) is 18.9 Å². The van der Waals surface area contributed by atoms with Gasteiger partial charge in [-0.05, 0) is 78.0 Å². The number of amides is 1. The molecule has 7 rings (SSSR count). The number of aromatic nitrogens is 4. The van der Waals surface area contributed by atoms with Gasteiger partial charge in [0.1, 0.15) is 5.69 Å². The van der Waals surface area contributed by atoms with Crippen LogP contribution in [0.25, 0.3) is 28.0 Å². The number of carbonyl (C=O) groups is 1. The normalized spacial score (nSPS) is 14.0. The summed E-state index contributed by atoms with van der Waals surface area (Å²) in [5.74, 6) is -0.403. The first kappa shape index (κ1) is 26.1. The summed E-state index contributed by atoms with van der Waals surface area (Å²) in [6.45, 7) is 2.01. The molecule has 4 aromatic heterocycles. The highest BCUT2D eigenvalue weighted by Crippen LogP contribution is 2.37. The van der Waals surface area contributed by atoms with Crippen LogP contribution in [0.4, 0.5) is 11.6 Å². The number of thiophene rings is 1.